The summed E-state index contributed by atoms with van der Waals surface area (Å²) in [6.07, 6.45) is -3.69. The van der Waals surface area contributed by atoms with Crippen molar-refractivity contribution in [3.8, 4) is 0 Å². The number of hydrogen-bond acceptors (Lipinski definition) is 4. The van der Waals surface area contributed by atoms with Gasteiger partial charge in [0.1, 0.15) is 10.6 Å². The highest BCUT2D eigenvalue weighted by Crippen LogP contribution is 2.39. The summed E-state index contributed by atoms with van der Waals surface area (Å²) in [6.45, 7) is 0. The molecular formula is C18H13BrF3N3S. The fourth-order valence-corrected chi connectivity index (χ4v) is 3.70. The number of anilines is 2. The minimum absolute atomic E-state index is 0.132. The van der Waals surface area contributed by atoms with Gasteiger partial charge >= 0.3 is 6.18 Å². The maximum absolute atomic E-state index is 13.4. The van der Waals surface area contributed by atoms with Gasteiger partial charge in [-0.25, -0.2) is 9.97 Å². The van der Waals surface area contributed by atoms with E-state index in [1.165, 1.54) is 0 Å². The number of para-hydroxylation sites is 1. The van der Waals surface area contributed by atoms with Gasteiger partial charge in [-0.1, -0.05) is 42.1 Å². The first-order valence-corrected chi connectivity index (χ1v) is 9.12. The minimum atomic E-state index is -4.53. The molecule has 2 aromatic carbocycles. The van der Waals surface area contributed by atoms with E-state index in [0.29, 0.717) is 4.90 Å². The van der Waals surface area contributed by atoms with Gasteiger partial charge in [0.15, 0.2) is 0 Å². The molecule has 0 bridgehead atoms. The lowest BCUT2D eigenvalue weighted by Crippen LogP contribution is -2.16. The van der Waals surface area contributed by atoms with Crippen LogP contribution in [0.25, 0.3) is 0 Å². The summed E-state index contributed by atoms with van der Waals surface area (Å²) in [6, 6.07) is 16.2. The molecule has 3 aromatic rings. The average molecular weight is 440 g/mol. The zero-order valence-electron chi connectivity index (χ0n) is 13.5. The molecule has 0 aliphatic heterocycles. The van der Waals surface area contributed by atoms with Crippen molar-refractivity contribution >= 4 is 39.3 Å². The average Bonchev–Trinajstić information content (AvgIpc) is 2.61. The lowest BCUT2D eigenvalue weighted by atomic mass is 10.3. The van der Waals surface area contributed by atoms with E-state index in [1.807, 2.05) is 24.3 Å². The van der Waals surface area contributed by atoms with E-state index in [1.54, 1.807) is 42.3 Å². The van der Waals surface area contributed by atoms with Gasteiger partial charge in [-0.3, -0.25) is 0 Å². The SMILES string of the molecule is CN(c1ncc(C(F)(F)F)c(Sc2ccccc2)n1)c1ccccc1Br. The van der Waals surface area contributed by atoms with Gasteiger partial charge in [0.25, 0.3) is 0 Å². The van der Waals surface area contributed by atoms with E-state index in [9.17, 15) is 13.2 Å². The van der Waals surface area contributed by atoms with Crippen molar-refractivity contribution in [3.05, 3.63) is 70.8 Å². The smallest absolute Gasteiger partial charge is 0.312 e. The van der Waals surface area contributed by atoms with Gasteiger partial charge in [0, 0.05) is 22.6 Å². The number of halogens is 4. The fraction of sp³-hybridized carbons (Fsp3) is 0.111. The largest absolute Gasteiger partial charge is 0.420 e. The second kappa shape index (κ2) is 7.67. The van der Waals surface area contributed by atoms with Crippen LogP contribution >= 0.6 is 27.7 Å². The molecule has 26 heavy (non-hydrogen) atoms. The van der Waals surface area contributed by atoms with Crippen molar-refractivity contribution in [1.29, 1.82) is 0 Å². The molecule has 0 spiro atoms. The monoisotopic (exact) mass is 439 g/mol. The van der Waals surface area contributed by atoms with Crippen molar-refractivity contribution in [2.75, 3.05) is 11.9 Å². The Morgan fingerprint density at radius 3 is 2.31 bits per heavy atom. The standard InChI is InChI=1S/C18H13BrF3N3S/c1-25(15-10-6-5-9-14(15)19)17-23-11-13(18(20,21)22)16(24-17)26-12-7-3-2-4-8-12/h2-11H,1H3. The second-order valence-corrected chi connectivity index (χ2v) is 7.23. The number of hydrogen-bond donors (Lipinski definition) is 0. The maximum Gasteiger partial charge on any atom is 0.420 e. The molecule has 0 aliphatic carbocycles. The lowest BCUT2D eigenvalue weighted by molar-refractivity contribution is -0.140. The molecule has 0 saturated carbocycles. The Bertz CT molecular complexity index is 904. The van der Waals surface area contributed by atoms with Crippen molar-refractivity contribution in [2.24, 2.45) is 0 Å². The first-order valence-electron chi connectivity index (χ1n) is 7.51. The van der Waals surface area contributed by atoms with E-state index in [0.717, 1.165) is 28.1 Å². The first kappa shape index (κ1) is 18.7. The van der Waals surface area contributed by atoms with Crippen molar-refractivity contribution < 1.29 is 13.2 Å². The van der Waals surface area contributed by atoms with E-state index in [2.05, 4.69) is 25.9 Å². The molecule has 0 radical (unpaired) electrons. The van der Waals surface area contributed by atoms with Gasteiger partial charge < -0.3 is 4.90 Å². The molecule has 0 N–H and O–H groups in total. The van der Waals surface area contributed by atoms with Crippen LogP contribution in [-0.2, 0) is 6.18 Å². The molecule has 0 unspecified atom stereocenters. The first-order chi connectivity index (χ1) is 12.4. The summed E-state index contributed by atoms with van der Waals surface area (Å²) in [5.41, 5.74) is -0.0986. The Morgan fingerprint density at radius 2 is 1.65 bits per heavy atom. The zero-order valence-corrected chi connectivity index (χ0v) is 15.9. The Balaban J connectivity index is 2.03. The molecule has 3 nitrogen and oxygen atoms in total. The van der Waals surface area contributed by atoms with E-state index < -0.39 is 11.7 Å². The Hall–Kier alpha value is -2.06. The van der Waals surface area contributed by atoms with Gasteiger partial charge in [-0.05, 0) is 40.2 Å². The highest BCUT2D eigenvalue weighted by molar-refractivity contribution is 9.10. The minimum Gasteiger partial charge on any atom is -0.312 e. The highest BCUT2D eigenvalue weighted by Gasteiger charge is 2.35. The molecular weight excluding hydrogens is 427 g/mol. The molecule has 3 rings (SSSR count). The van der Waals surface area contributed by atoms with Gasteiger partial charge in [-0.2, -0.15) is 13.2 Å². The quantitative estimate of drug-likeness (QED) is 0.454. The number of rotatable bonds is 4. The fourth-order valence-electron chi connectivity index (χ4n) is 2.22. The van der Waals surface area contributed by atoms with E-state index in [-0.39, 0.29) is 11.0 Å². The van der Waals surface area contributed by atoms with Crippen LogP contribution in [0, 0.1) is 0 Å². The number of nitrogens with zero attached hydrogens (tertiary/aromatic N) is 3. The maximum atomic E-state index is 13.4. The summed E-state index contributed by atoms with van der Waals surface area (Å²) >= 11 is 4.39. The summed E-state index contributed by atoms with van der Waals surface area (Å²) in [4.78, 5) is 10.4. The predicted molar refractivity (Wildman–Crippen MR) is 99.8 cm³/mol. The Labute approximate surface area is 161 Å². The number of aromatic nitrogens is 2. The molecule has 134 valence electrons. The molecule has 1 heterocycles. The molecule has 1 aromatic heterocycles. The molecule has 8 heteroatoms. The van der Waals surface area contributed by atoms with E-state index in [4.69, 9.17) is 0 Å². The third kappa shape index (κ3) is 4.19. The van der Waals surface area contributed by atoms with Crippen LogP contribution in [0.2, 0.25) is 0 Å². The normalized spacial score (nSPS) is 11.4. The summed E-state index contributed by atoms with van der Waals surface area (Å²) in [5, 5.41) is -0.132. The molecule has 0 aliphatic rings. The van der Waals surface area contributed by atoms with Gasteiger partial charge in [-0.15, -0.1) is 0 Å². The van der Waals surface area contributed by atoms with Crippen LogP contribution in [-0.4, -0.2) is 17.0 Å². The summed E-state index contributed by atoms with van der Waals surface area (Å²) in [7, 11) is 1.71. The van der Waals surface area contributed by atoms with Crippen LogP contribution in [0.5, 0.6) is 0 Å². The summed E-state index contributed by atoms with van der Waals surface area (Å²) in [5.74, 6) is 0.184. The summed E-state index contributed by atoms with van der Waals surface area (Å²) < 4.78 is 40.9. The molecule has 0 saturated heterocycles. The van der Waals surface area contributed by atoms with Gasteiger partial charge in [0.05, 0.1) is 5.69 Å². The van der Waals surface area contributed by atoms with Crippen LogP contribution in [0.15, 0.2) is 75.2 Å². The third-order valence-corrected chi connectivity index (χ3v) is 5.20. The van der Waals surface area contributed by atoms with Crippen LogP contribution < -0.4 is 4.90 Å². The number of alkyl halides is 3. The highest BCUT2D eigenvalue weighted by atomic mass is 79.9. The van der Waals surface area contributed by atoms with Crippen molar-refractivity contribution in [2.45, 2.75) is 16.1 Å². The van der Waals surface area contributed by atoms with Gasteiger partial charge in [0.2, 0.25) is 5.95 Å². The third-order valence-electron chi connectivity index (χ3n) is 3.52. The number of benzene rings is 2. The molecule has 0 atom stereocenters. The topological polar surface area (TPSA) is 29.0 Å². The molecule has 0 amide bonds. The van der Waals surface area contributed by atoms with E-state index >= 15 is 0 Å². The van der Waals surface area contributed by atoms with Crippen molar-refractivity contribution in [3.63, 3.8) is 0 Å². The lowest BCUT2D eigenvalue weighted by Gasteiger charge is -2.20. The Kier molecular flexibility index (Phi) is 5.52. The van der Waals surface area contributed by atoms with Crippen LogP contribution in [0.4, 0.5) is 24.8 Å². The second-order valence-electron chi connectivity index (χ2n) is 5.31. The molecule has 0 fully saturated rings. The Morgan fingerprint density at radius 1 is 1.00 bits per heavy atom. The zero-order chi connectivity index (χ0) is 18.7. The van der Waals surface area contributed by atoms with Crippen LogP contribution in [0.1, 0.15) is 5.56 Å². The van der Waals surface area contributed by atoms with Crippen molar-refractivity contribution in [1.82, 2.24) is 9.97 Å². The van der Waals surface area contributed by atoms with Crippen LogP contribution in [0.3, 0.4) is 0 Å². The predicted octanol–water partition coefficient (Wildman–Crippen LogP) is 6.18.